The summed E-state index contributed by atoms with van der Waals surface area (Å²) in [6.07, 6.45) is -0.439. The Balaban J connectivity index is 1.77. The van der Waals surface area contributed by atoms with Crippen LogP contribution in [0.4, 0.5) is 11.4 Å². The number of aliphatic carboxylic acids is 1. The summed E-state index contributed by atoms with van der Waals surface area (Å²) >= 11 is 0. The molecule has 0 saturated heterocycles. The Labute approximate surface area is 167 Å². The van der Waals surface area contributed by atoms with Crippen molar-refractivity contribution in [1.29, 1.82) is 0 Å². The van der Waals surface area contributed by atoms with Gasteiger partial charge in [0, 0.05) is 23.2 Å². The van der Waals surface area contributed by atoms with Gasteiger partial charge in [0.05, 0.1) is 22.5 Å². The first-order valence-corrected chi connectivity index (χ1v) is 10.2. The smallest absolute Gasteiger partial charge is 0.303 e. The maximum absolute atomic E-state index is 12.7. The van der Waals surface area contributed by atoms with Gasteiger partial charge in [0.2, 0.25) is 5.91 Å². The fourth-order valence-electron chi connectivity index (χ4n) is 2.69. The zero-order valence-corrected chi connectivity index (χ0v) is 16.4. The highest BCUT2D eigenvalue weighted by Crippen LogP contribution is 2.25. The van der Waals surface area contributed by atoms with E-state index in [-0.39, 0.29) is 17.7 Å². The lowest BCUT2D eigenvalue weighted by atomic mass is 10.2. The van der Waals surface area contributed by atoms with Crippen molar-refractivity contribution in [2.45, 2.75) is 24.7 Å². The molecule has 9 heteroatoms. The third-order valence-electron chi connectivity index (χ3n) is 4.12. The Morgan fingerprint density at radius 1 is 1.00 bits per heavy atom. The first kappa shape index (κ1) is 20.3. The van der Waals surface area contributed by atoms with Gasteiger partial charge in [-0.25, -0.2) is 8.42 Å². The van der Waals surface area contributed by atoms with Gasteiger partial charge in [0.15, 0.2) is 0 Å². The normalized spacial score (nSPS) is 11.2. The number of aromatic nitrogens is 1. The molecule has 0 spiro atoms. The SMILES string of the molecule is Cc1ccc2cccc(NS(=O)(=O)c3ccc(NC(=O)CCC(=O)O)cc3)c2n1. The number of anilines is 2. The van der Waals surface area contributed by atoms with Crippen LogP contribution in [0, 0.1) is 6.92 Å². The Hall–Kier alpha value is -3.46. The summed E-state index contributed by atoms with van der Waals surface area (Å²) in [5, 5.41) is 11.9. The Bertz CT molecular complexity index is 1170. The molecule has 29 heavy (non-hydrogen) atoms. The van der Waals surface area contributed by atoms with Crippen LogP contribution in [0.15, 0.2) is 59.5 Å². The summed E-state index contributed by atoms with van der Waals surface area (Å²) in [5.74, 6) is -1.52. The number of fused-ring (bicyclic) bond motifs is 1. The van der Waals surface area contributed by atoms with Gasteiger partial charge in [0.1, 0.15) is 0 Å². The van der Waals surface area contributed by atoms with Gasteiger partial charge < -0.3 is 10.4 Å². The molecule has 2 aromatic carbocycles. The summed E-state index contributed by atoms with van der Waals surface area (Å²) < 4.78 is 28.1. The molecule has 1 amide bonds. The van der Waals surface area contributed by atoms with E-state index in [2.05, 4.69) is 15.0 Å². The molecule has 0 saturated carbocycles. The quantitative estimate of drug-likeness (QED) is 0.546. The van der Waals surface area contributed by atoms with Crippen LogP contribution >= 0.6 is 0 Å². The molecule has 0 fully saturated rings. The number of benzene rings is 2. The van der Waals surface area contributed by atoms with Gasteiger partial charge >= 0.3 is 5.97 Å². The summed E-state index contributed by atoms with van der Waals surface area (Å²) in [4.78, 5) is 26.6. The predicted molar refractivity (Wildman–Crippen MR) is 109 cm³/mol. The lowest BCUT2D eigenvalue weighted by Crippen LogP contribution is -2.15. The summed E-state index contributed by atoms with van der Waals surface area (Å²) in [7, 11) is -3.86. The number of nitrogens with one attached hydrogen (secondary N) is 2. The molecule has 150 valence electrons. The lowest BCUT2D eigenvalue weighted by Gasteiger charge is -2.11. The minimum absolute atomic E-state index is 0.0192. The minimum Gasteiger partial charge on any atom is -0.481 e. The molecule has 1 aromatic heterocycles. The number of aryl methyl sites for hydroxylation is 1. The van der Waals surface area contributed by atoms with Crippen LogP contribution in [-0.2, 0) is 19.6 Å². The van der Waals surface area contributed by atoms with E-state index in [1.54, 1.807) is 12.1 Å². The second-order valence-electron chi connectivity index (χ2n) is 6.40. The Kier molecular flexibility index (Phi) is 5.79. The number of amides is 1. The zero-order chi connectivity index (χ0) is 21.0. The zero-order valence-electron chi connectivity index (χ0n) is 15.5. The van der Waals surface area contributed by atoms with E-state index in [0.717, 1.165) is 11.1 Å². The van der Waals surface area contributed by atoms with Crippen molar-refractivity contribution in [3.63, 3.8) is 0 Å². The molecule has 1 heterocycles. The number of hydrogen-bond donors (Lipinski definition) is 3. The molecule has 0 unspecified atom stereocenters. The first-order valence-electron chi connectivity index (χ1n) is 8.75. The highest BCUT2D eigenvalue weighted by atomic mass is 32.2. The van der Waals surface area contributed by atoms with Crippen molar-refractivity contribution in [3.05, 3.63) is 60.3 Å². The van der Waals surface area contributed by atoms with E-state index in [9.17, 15) is 18.0 Å². The molecular formula is C20H19N3O5S. The van der Waals surface area contributed by atoms with E-state index in [0.29, 0.717) is 16.9 Å². The van der Waals surface area contributed by atoms with E-state index < -0.39 is 21.9 Å². The molecule has 3 N–H and O–H groups in total. The number of para-hydroxylation sites is 1. The second kappa shape index (κ2) is 8.27. The third-order valence-corrected chi connectivity index (χ3v) is 5.50. The van der Waals surface area contributed by atoms with Crippen LogP contribution in [0.25, 0.3) is 10.9 Å². The average molecular weight is 413 g/mol. The van der Waals surface area contributed by atoms with E-state index >= 15 is 0 Å². The molecular weight excluding hydrogens is 394 g/mol. The molecule has 0 aliphatic heterocycles. The number of carboxylic acids is 1. The molecule has 3 rings (SSSR count). The lowest BCUT2D eigenvalue weighted by molar-refractivity contribution is -0.138. The molecule has 0 radical (unpaired) electrons. The van der Waals surface area contributed by atoms with Crippen LogP contribution in [0.3, 0.4) is 0 Å². The summed E-state index contributed by atoms with van der Waals surface area (Å²) in [6.45, 7) is 1.83. The number of hydrogen-bond acceptors (Lipinski definition) is 5. The molecule has 0 aliphatic rings. The van der Waals surface area contributed by atoms with E-state index in [4.69, 9.17) is 5.11 Å². The van der Waals surface area contributed by atoms with Crippen molar-refractivity contribution < 1.29 is 23.1 Å². The highest BCUT2D eigenvalue weighted by Gasteiger charge is 2.16. The van der Waals surface area contributed by atoms with Gasteiger partial charge in [-0.2, -0.15) is 0 Å². The van der Waals surface area contributed by atoms with Crippen LogP contribution in [0.5, 0.6) is 0 Å². The molecule has 3 aromatic rings. The highest BCUT2D eigenvalue weighted by molar-refractivity contribution is 7.92. The Morgan fingerprint density at radius 3 is 2.41 bits per heavy atom. The van der Waals surface area contributed by atoms with Gasteiger partial charge in [-0.15, -0.1) is 0 Å². The monoisotopic (exact) mass is 413 g/mol. The number of carbonyl (C=O) groups is 2. The summed E-state index contributed by atoms with van der Waals surface area (Å²) in [6, 6.07) is 14.6. The number of pyridine rings is 1. The first-order chi connectivity index (χ1) is 13.7. The number of nitrogens with zero attached hydrogens (tertiary/aromatic N) is 1. The van der Waals surface area contributed by atoms with Gasteiger partial charge in [-0.1, -0.05) is 18.2 Å². The Morgan fingerprint density at radius 2 is 1.72 bits per heavy atom. The van der Waals surface area contributed by atoms with Gasteiger partial charge in [-0.05, 0) is 43.3 Å². The topological polar surface area (TPSA) is 125 Å². The van der Waals surface area contributed by atoms with Gasteiger partial charge in [-0.3, -0.25) is 19.3 Å². The molecule has 0 aliphatic carbocycles. The average Bonchev–Trinajstić information content (AvgIpc) is 2.67. The molecule has 0 atom stereocenters. The number of rotatable bonds is 7. The second-order valence-corrected chi connectivity index (χ2v) is 8.08. The van der Waals surface area contributed by atoms with E-state index in [1.807, 2.05) is 25.1 Å². The summed E-state index contributed by atoms with van der Waals surface area (Å²) in [5.41, 5.74) is 2.07. The molecule has 0 bridgehead atoms. The minimum atomic E-state index is -3.86. The van der Waals surface area contributed by atoms with Crippen LogP contribution in [0.2, 0.25) is 0 Å². The third kappa shape index (κ3) is 5.08. The maximum Gasteiger partial charge on any atom is 0.303 e. The number of sulfonamides is 1. The van der Waals surface area contributed by atoms with Crippen LogP contribution < -0.4 is 10.0 Å². The molecule has 8 nitrogen and oxygen atoms in total. The van der Waals surface area contributed by atoms with Crippen molar-refractivity contribution in [2.75, 3.05) is 10.0 Å². The fourth-order valence-corrected chi connectivity index (χ4v) is 3.76. The predicted octanol–water partition coefficient (Wildman–Crippen LogP) is 3.15. The van der Waals surface area contributed by atoms with Gasteiger partial charge in [0.25, 0.3) is 10.0 Å². The van der Waals surface area contributed by atoms with Crippen molar-refractivity contribution >= 4 is 44.2 Å². The van der Waals surface area contributed by atoms with Crippen molar-refractivity contribution in [3.8, 4) is 0 Å². The van der Waals surface area contributed by atoms with Crippen molar-refractivity contribution in [2.24, 2.45) is 0 Å². The number of carbonyl (C=O) groups excluding carboxylic acids is 1. The van der Waals surface area contributed by atoms with E-state index in [1.165, 1.54) is 24.3 Å². The van der Waals surface area contributed by atoms with Crippen LogP contribution in [0.1, 0.15) is 18.5 Å². The van der Waals surface area contributed by atoms with Crippen LogP contribution in [-0.4, -0.2) is 30.4 Å². The number of carboxylic acid groups (broad SMARTS) is 1. The largest absolute Gasteiger partial charge is 0.481 e. The van der Waals surface area contributed by atoms with Crippen molar-refractivity contribution in [1.82, 2.24) is 4.98 Å². The maximum atomic E-state index is 12.7. The standard InChI is InChI=1S/C20H19N3O5S/c1-13-5-6-14-3-2-4-17(20(14)21-13)23-29(27,28)16-9-7-15(8-10-16)22-18(24)11-12-19(25)26/h2-10,23H,11-12H2,1H3,(H,22,24)(H,25,26). The fraction of sp³-hybridized carbons (Fsp3) is 0.150.